The monoisotopic (exact) mass is 439 g/mol. The summed E-state index contributed by atoms with van der Waals surface area (Å²) >= 11 is 1.69. The number of nitrogens with zero attached hydrogens (tertiary/aromatic N) is 1. The number of ether oxygens (including phenoxy) is 2. The van der Waals surface area contributed by atoms with Crippen LogP contribution in [0.2, 0.25) is 0 Å². The molecule has 1 fully saturated rings. The Morgan fingerprint density at radius 3 is 2.52 bits per heavy atom. The summed E-state index contributed by atoms with van der Waals surface area (Å²) in [5, 5.41) is 2.06. The number of carbonyl (C=O) groups excluding carboxylic acids is 1. The molecule has 0 radical (unpaired) electrons. The molecule has 0 amide bonds. The largest absolute Gasteiger partial charge is 0.495 e. The van der Waals surface area contributed by atoms with Gasteiger partial charge in [0.25, 0.3) is 0 Å². The molecule has 6 heteroatoms. The Kier molecular flexibility index (Phi) is 6.28. The molecular formula is C25H26FNO3S. The van der Waals surface area contributed by atoms with Crippen molar-refractivity contribution in [1.29, 1.82) is 0 Å². The van der Waals surface area contributed by atoms with Crippen LogP contribution in [0.3, 0.4) is 0 Å². The summed E-state index contributed by atoms with van der Waals surface area (Å²) in [5.74, 6) is -0.0965. The number of carbonyl (C=O) groups is 1. The van der Waals surface area contributed by atoms with Crippen LogP contribution in [-0.2, 0) is 9.53 Å². The van der Waals surface area contributed by atoms with Gasteiger partial charge in [0.15, 0.2) is 0 Å². The summed E-state index contributed by atoms with van der Waals surface area (Å²) in [7, 11) is 5.13. The maximum absolute atomic E-state index is 13.6. The molecule has 4 nitrogen and oxygen atoms in total. The van der Waals surface area contributed by atoms with Crippen LogP contribution in [0.25, 0.3) is 10.4 Å². The van der Waals surface area contributed by atoms with Gasteiger partial charge in [0.05, 0.1) is 25.8 Å². The average molecular weight is 440 g/mol. The minimum absolute atomic E-state index is 0.0436. The summed E-state index contributed by atoms with van der Waals surface area (Å²) in [6.07, 6.45) is 1.54. The lowest BCUT2D eigenvalue weighted by Crippen LogP contribution is -2.36. The first-order valence-corrected chi connectivity index (χ1v) is 11.2. The first kappa shape index (κ1) is 21.4. The van der Waals surface area contributed by atoms with E-state index in [9.17, 15) is 9.18 Å². The molecule has 0 bridgehead atoms. The highest BCUT2D eigenvalue weighted by Gasteiger charge is 2.44. The van der Waals surface area contributed by atoms with Gasteiger partial charge >= 0.3 is 5.97 Å². The zero-order chi connectivity index (χ0) is 22.0. The lowest BCUT2D eigenvalue weighted by atomic mass is 9.85. The van der Waals surface area contributed by atoms with Gasteiger partial charge in [0, 0.05) is 23.9 Å². The van der Waals surface area contributed by atoms with E-state index in [1.807, 2.05) is 19.2 Å². The summed E-state index contributed by atoms with van der Waals surface area (Å²) in [4.78, 5) is 16.0. The van der Waals surface area contributed by atoms with Gasteiger partial charge in [-0.15, -0.1) is 11.3 Å². The fourth-order valence-electron chi connectivity index (χ4n) is 4.71. The number of benzene rings is 2. The lowest BCUT2D eigenvalue weighted by Gasteiger charge is -2.34. The maximum atomic E-state index is 13.6. The molecule has 1 aromatic heterocycles. The van der Waals surface area contributed by atoms with Crippen molar-refractivity contribution in [3.8, 4) is 16.2 Å². The van der Waals surface area contributed by atoms with E-state index >= 15 is 0 Å². The van der Waals surface area contributed by atoms with Crippen LogP contribution in [-0.4, -0.2) is 33.3 Å². The molecule has 4 rings (SSSR count). The zero-order valence-electron chi connectivity index (χ0n) is 17.9. The van der Waals surface area contributed by atoms with E-state index in [0.29, 0.717) is 0 Å². The van der Waals surface area contributed by atoms with Gasteiger partial charge in [-0.2, -0.15) is 0 Å². The number of esters is 1. The highest BCUT2D eigenvalue weighted by molar-refractivity contribution is 7.13. The fraction of sp³-hybridized carbons (Fsp3) is 0.320. The van der Waals surface area contributed by atoms with Crippen LogP contribution in [0.5, 0.6) is 5.75 Å². The number of hydrogen-bond donors (Lipinski definition) is 0. The van der Waals surface area contributed by atoms with Crippen LogP contribution in [0.1, 0.15) is 24.3 Å². The van der Waals surface area contributed by atoms with Gasteiger partial charge in [0.1, 0.15) is 11.6 Å². The van der Waals surface area contributed by atoms with Crippen molar-refractivity contribution >= 4 is 23.0 Å². The number of likely N-dealkylation sites (N-methyl/N-ethyl adjacent to an activating group) is 1. The predicted octanol–water partition coefficient (Wildman–Crippen LogP) is 5.73. The minimum atomic E-state index is -0.286. The number of anilines is 1. The topological polar surface area (TPSA) is 38.8 Å². The molecule has 1 heterocycles. The third-order valence-corrected chi connectivity index (χ3v) is 7.16. The van der Waals surface area contributed by atoms with E-state index < -0.39 is 0 Å². The Labute approximate surface area is 186 Å². The Hall–Kier alpha value is -2.86. The quantitative estimate of drug-likeness (QED) is 0.460. The highest BCUT2D eigenvalue weighted by atomic mass is 32.1. The normalized spacial score (nSPS) is 20.5. The number of rotatable bonds is 6. The number of halogens is 1. The van der Waals surface area contributed by atoms with E-state index in [-0.39, 0.29) is 29.7 Å². The van der Waals surface area contributed by atoms with Crippen LogP contribution in [0.15, 0.2) is 60.0 Å². The van der Waals surface area contributed by atoms with Gasteiger partial charge in [-0.25, -0.2) is 4.39 Å². The van der Waals surface area contributed by atoms with Crippen molar-refractivity contribution in [3.63, 3.8) is 0 Å². The van der Waals surface area contributed by atoms with Crippen LogP contribution in [0, 0.1) is 11.7 Å². The molecule has 2 aromatic carbocycles. The van der Waals surface area contributed by atoms with E-state index in [1.165, 1.54) is 24.1 Å². The van der Waals surface area contributed by atoms with Crippen molar-refractivity contribution in [3.05, 3.63) is 71.4 Å². The molecule has 3 atom stereocenters. The van der Waals surface area contributed by atoms with Crippen molar-refractivity contribution in [1.82, 2.24) is 0 Å². The smallest absolute Gasteiger partial charge is 0.309 e. The Morgan fingerprint density at radius 2 is 1.87 bits per heavy atom. The third-order valence-electron chi connectivity index (χ3n) is 6.24. The van der Waals surface area contributed by atoms with Gasteiger partial charge in [0.2, 0.25) is 0 Å². The first-order chi connectivity index (χ1) is 15.0. The molecule has 0 aliphatic heterocycles. The zero-order valence-corrected chi connectivity index (χ0v) is 18.7. The molecule has 1 aliphatic rings. The van der Waals surface area contributed by atoms with Gasteiger partial charge in [-0.05, 0) is 65.7 Å². The molecule has 162 valence electrons. The van der Waals surface area contributed by atoms with Crippen LogP contribution in [0.4, 0.5) is 10.1 Å². The molecule has 3 aromatic rings. The Morgan fingerprint density at radius 1 is 1.10 bits per heavy atom. The van der Waals surface area contributed by atoms with E-state index in [1.54, 1.807) is 30.6 Å². The minimum Gasteiger partial charge on any atom is -0.495 e. The molecule has 1 aliphatic carbocycles. The molecule has 0 N–H and O–H groups in total. The molecular weight excluding hydrogens is 413 g/mol. The molecule has 1 saturated carbocycles. The number of methoxy groups -OCH3 is 2. The van der Waals surface area contributed by atoms with E-state index in [2.05, 4.69) is 28.5 Å². The second kappa shape index (κ2) is 9.10. The second-order valence-electron chi connectivity index (χ2n) is 7.83. The van der Waals surface area contributed by atoms with E-state index in [0.717, 1.165) is 35.4 Å². The molecule has 3 unspecified atom stereocenters. The SMILES string of the molecule is COC(=O)C1CCC(N(C)c2cc(-c3cccs3)ccc2OC)C1c1ccc(F)cc1. The van der Waals surface area contributed by atoms with Crippen molar-refractivity contribution in [2.24, 2.45) is 5.92 Å². The second-order valence-corrected chi connectivity index (χ2v) is 8.77. The van der Waals surface area contributed by atoms with Crippen LogP contribution < -0.4 is 9.64 Å². The number of thiophene rings is 1. The summed E-state index contributed by atoms with van der Waals surface area (Å²) in [5.41, 5.74) is 3.04. The van der Waals surface area contributed by atoms with Crippen LogP contribution >= 0.6 is 11.3 Å². The third kappa shape index (κ3) is 4.17. The molecule has 0 spiro atoms. The van der Waals surface area contributed by atoms with Gasteiger partial charge < -0.3 is 14.4 Å². The first-order valence-electron chi connectivity index (χ1n) is 10.3. The standard InChI is InChI=1S/C25H26FNO3S/c1-27(21-15-17(8-13-22(21)29-2)23-5-4-14-31-23)20-12-11-19(25(28)30-3)24(20)16-6-9-18(26)10-7-16/h4-10,13-15,19-20,24H,11-12H2,1-3H3. The Bertz CT molecular complexity index is 1040. The molecule has 31 heavy (non-hydrogen) atoms. The molecule has 0 saturated heterocycles. The Balaban J connectivity index is 1.74. The van der Waals surface area contributed by atoms with Gasteiger partial charge in [-0.3, -0.25) is 4.79 Å². The van der Waals surface area contributed by atoms with Crippen molar-refractivity contribution < 1.29 is 18.7 Å². The van der Waals surface area contributed by atoms with Crippen molar-refractivity contribution in [2.45, 2.75) is 24.8 Å². The van der Waals surface area contributed by atoms with Gasteiger partial charge in [-0.1, -0.05) is 18.2 Å². The average Bonchev–Trinajstić information content (AvgIpc) is 3.48. The summed E-state index contributed by atoms with van der Waals surface area (Å²) in [6, 6.07) is 16.8. The van der Waals surface area contributed by atoms with E-state index in [4.69, 9.17) is 9.47 Å². The lowest BCUT2D eigenvalue weighted by molar-refractivity contribution is -0.145. The highest BCUT2D eigenvalue weighted by Crippen LogP contribution is 2.46. The number of hydrogen-bond acceptors (Lipinski definition) is 5. The van der Waals surface area contributed by atoms with Crippen molar-refractivity contribution in [2.75, 3.05) is 26.2 Å². The fourth-order valence-corrected chi connectivity index (χ4v) is 5.43. The summed E-state index contributed by atoms with van der Waals surface area (Å²) in [6.45, 7) is 0. The summed E-state index contributed by atoms with van der Waals surface area (Å²) < 4.78 is 24.3. The predicted molar refractivity (Wildman–Crippen MR) is 122 cm³/mol. The maximum Gasteiger partial charge on any atom is 0.309 e.